The summed E-state index contributed by atoms with van der Waals surface area (Å²) < 4.78 is 0. The Labute approximate surface area is 122 Å². The van der Waals surface area contributed by atoms with Gasteiger partial charge in [0.2, 0.25) is 0 Å². The number of benzene rings is 1. The van der Waals surface area contributed by atoms with Crippen molar-refractivity contribution in [2.24, 2.45) is 0 Å². The van der Waals surface area contributed by atoms with Gasteiger partial charge < -0.3 is 4.90 Å². The quantitative estimate of drug-likeness (QED) is 0.806. The Kier molecular flexibility index (Phi) is 3.97. The number of anilines is 1. The number of alkyl halides is 1. The summed E-state index contributed by atoms with van der Waals surface area (Å²) >= 11 is 3.58. The number of hydrogen-bond acceptors (Lipinski definition) is 3. The largest absolute Gasteiger partial charge is 0.367 e. The first-order chi connectivity index (χ1) is 9.40. The third-order valence-electron chi connectivity index (χ3n) is 3.90. The number of fused-ring (bicyclic) bond motifs is 1. The number of hydrogen-bond donors (Lipinski definition) is 0. The molecule has 1 atom stereocenters. The second-order valence-electron chi connectivity index (χ2n) is 5.07. The van der Waals surface area contributed by atoms with Crippen LogP contribution in [-0.2, 0) is 0 Å². The zero-order valence-electron chi connectivity index (χ0n) is 10.9. The van der Waals surface area contributed by atoms with Gasteiger partial charge in [-0.05, 0) is 31.7 Å². The van der Waals surface area contributed by atoms with Crippen molar-refractivity contribution >= 4 is 32.5 Å². The summed E-state index contributed by atoms with van der Waals surface area (Å²) in [7, 11) is 0. The van der Waals surface area contributed by atoms with Crippen LogP contribution in [-0.4, -0.2) is 28.1 Å². The standard InChI is InChI=1S/C15H18BrN3/c16-9-8-12-5-3-4-10-19(12)15-11-17-18-14-7-2-1-6-13(14)15/h1-2,6-7,11-12H,3-5,8-10H2. The first-order valence-electron chi connectivity index (χ1n) is 6.93. The summed E-state index contributed by atoms with van der Waals surface area (Å²) in [6.07, 6.45) is 7.01. The third-order valence-corrected chi connectivity index (χ3v) is 4.36. The molecule has 0 radical (unpaired) electrons. The Morgan fingerprint density at radius 1 is 1.26 bits per heavy atom. The van der Waals surface area contributed by atoms with Gasteiger partial charge in [0.05, 0.1) is 17.4 Å². The minimum absolute atomic E-state index is 0.626. The Hall–Kier alpha value is -1.16. The molecule has 1 saturated heterocycles. The molecule has 1 aliphatic rings. The third kappa shape index (κ3) is 2.59. The fourth-order valence-corrected chi connectivity index (χ4v) is 3.49. The van der Waals surface area contributed by atoms with Crippen LogP contribution in [0.25, 0.3) is 10.9 Å². The van der Waals surface area contributed by atoms with E-state index in [9.17, 15) is 0 Å². The number of rotatable bonds is 3. The van der Waals surface area contributed by atoms with Gasteiger partial charge in [0.25, 0.3) is 0 Å². The van der Waals surface area contributed by atoms with E-state index >= 15 is 0 Å². The monoisotopic (exact) mass is 319 g/mol. The molecule has 0 N–H and O–H groups in total. The van der Waals surface area contributed by atoms with Crippen molar-refractivity contribution in [1.82, 2.24) is 10.2 Å². The molecule has 1 fully saturated rings. The zero-order valence-corrected chi connectivity index (χ0v) is 12.5. The van der Waals surface area contributed by atoms with E-state index in [0.29, 0.717) is 6.04 Å². The average molecular weight is 320 g/mol. The number of nitrogens with zero attached hydrogens (tertiary/aromatic N) is 3. The zero-order chi connectivity index (χ0) is 13.1. The lowest BCUT2D eigenvalue weighted by Gasteiger charge is -2.37. The second-order valence-corrected chi connectivity index (χ2v) is 5.86. The summed E-state index contributed by atoms with van der Waals surface area (Å²) in [5.41, 5.74) is 2.24. The first-order valence-corrected chi connectivity index (χ1v) is 8.05. The Morgan fingerprint density at radius 2 is 2.16 bits per heavy atom. The Morgan fingerprint density at radius 3 is 3.05 bits per heavy atom. The lowest BCUT2D eigenvalue weighted by atomic mass is 9.99. The maximum atomic E-state index is 4.22. The van der Waals surface area contributed by atoms with E-state index < -0.39 is 0 Å². The molecule has 0 aliphatic carbocycles. The van der Waals surface area contributed by atoms with Crippen LogP contribution in [0.5, 0.6) is 0 Å². The molecule has 0 spiro atoms. The molecule has 4 heteroatoms. The highest BCUT2D eigenvalue weighted by molar-refractivity contribution is 9.09. The highest BCUT2D eigenvalue weighted by Gasteiger charge is 2.23. The molecule has 2 aromatic rings. The van der Waals surface area contributed by atoms with Gasteiger partial charge in [-0.25, -0.2) is 0 Å². The van der Waals surface area contributed by atoms with Crippen molar-refractivity contribution in [3.8, 4) is 0 Å². The van der Waals surface area contributed by atoms with Gasteiger partial charge in [0.15, 0.2) is 0 Å². The Bertz CT molecular complexity index is 551. The number of aromatic nitrogens is 2. The van der Waals surface area contributed by atoms with E-state index in [1.54, 1.807) is 0 Å². The van der Waals surface area contributed by atoms with Gasteiger partial charge >= 0.3 is 0 Å². The first kappa shape index (κ1) is 12.9. The van der Waals surface area contributed by atoms with Gasteiger partial charge in [-0.3, -0.25) is 0 Å². The molecule has 19 heavy (non-hydrogen) atoms. The van der Waals surface area contributed by atoms with Crippen LogP contribution in [0.2, 0.25) is 0 Å². The maximum absolute atomic E-state index is 4.22. The molecular weight excluding hydrogens is 302 g/mol. The molecule has 0 saturated carbocycles. The minimum atomic E-state index is 0.626. The molecule has 0 amide bonds. The number of piperidine rings is 1. The maximum Gasteiger partial charge on any atom is 0.0950 e. The molecule has 1 aromatic carbocycles. The molecule has 3 nitrogen and oxygen atoms in total. The summed E-state index contributed by atoms with van der Waals surface area (Å²) in [5, 5.41) is 10.7. The lowest BCUT2D eigenvalue weighted by Crippen LogP contribution is -2.40. The normalized spacial score (nSPS) is 19.8. The van der Waals surface area contributed by atoms with Gasteiger partial charge in [0.1, 0.15) is 0 Å². The lowest BCUT2D eigenvalue weighted by molar-refractivity contribution is 0.453. The van der Waals surface area contributed by atoms with E-state index in [-0.39, 0.29) is 0 Å². The fourth-order valence-electron chi connectivity index (χ4n) is 2.97. The SMILES string of the molecule is BrCCC1CCCCN1c1cnnc2ccccc12. The van der Waals surface area contributed by atoms with Crippen LogP contribution in [0.4, 0.5) is 5.69 Å². The second kappa shape index (κ2) is 5.87. The van der Waals surface area contributed by atoms with Crippen LogP contribution in [0.15, 0.2) is 30.5 Å². The van der Waals surface area contributed by atoms with E-state index in [0.717, 1.165) is 17.4 Å². The summed E-state index contributed by atoms with van der Waals surface area (Å²) in [6, 6.07) is 8.92. The molecule has 0 bridgehead atoms. The van der Waals surface area contributed by atoms with E-state index in [1.165, 1.54) is 36.8 Å². The molecule has 1 aromatic heterocycles. The minimum Gasteiger partial charge on any atom is -0.367 e. The fraction of sp³-hybridized carbons (Fsp3) is 0.467. The topological polar surface area (TPSA) is 29.0 Å². The van der Waals surface area contributed by atoms with Crippen molar-refractivity contribution in [2.45, 2.75) is 31.7 Å². The van der Waals surface area contributed by atoms with Gasteiger partial charge in [-0.2, -0.15) is 10.2 Å². The van der Waals surface area contributed by atoms with Gasteiger partial charge in [-0.15, -0.1) is 0 Å². The van der Waals surface area contributed by atoms with Crippen molar-refractivity contribution in [1.29, 1.82) is 0 Å². The van der Waals surface area contributed by atoms with E-state index in [2.05, 4.69) is 43.2 Å². The van der Waals surface area contributed by atoms with Crippen LogP contribution in [0, 0.1) is 0 Å². The van der Waals surface area contributed by atoms with Crippen molar-refractivity contribution in [3.63, 3.8) is 0 Å². The molecular formula is C15H18BrN3. The molecule has 2 heterocycles. The summed E-state index contributed by atoms with van der Waals surface area (Å²) in [5.74, 6) is 0. The van der Waals surface area contributed by atoms with Crippen LogP contribution in [0.3, 0.4) is 0 Å². The van der Waals surface area contributed by atoms with E-state index in [1.807, 2.05) is 18.3 Å². The smallest absolute Gasteiger partial charge is 0.0950 e. The predicted octanol–water partition coefficient (Wildman–Crippen LogP) is 3.77. The average Bonchev–Trinajstić information content (AvgIpc) is 2.48. The molecule has 1 unspecified atom stereocenters. The van der Waals surface area contributed by atoms with Crippen LogP contribution >= 0.6 is 15.9 Å². The highest BCUT2D eigenvalue weighted by atomic mass is 79.9. The van der Waals surface area contributed by atoms with Gasteiger partial charge in [0, 0.05) is 23.3 Å². The van der Waals surface area contributed by atoms with Crippen molar-refractivity contribution in [3.05, 3.63) is 30.5 Å². The van der Waals surface area contributed by atoms with Crippen LogP contribution < -0.4 is 4.90 Å². The Balaban J connectivity index is 2.02. The molecule has 1 aliphatic heterocycles. The molecule has 3 rings (SSSR count). The van der Waals surface area contributed by atoms with E-state index in [4.69, 9.17) is 0 Å². The van der Waals surface area contributed by atoms with Crippen molar-refractivity contribution < 1.29 is 0 Å². The molecule has 100 valence electrons. The van der Waals surface area contributed by atoms with Crippen LogP contribution in [0.1, 0.15) is 25.7 Å². The summed E-state index contributed by atoms with van der Waals surface area (Å²) in [4.78, 5) is 2.53. The number of halogens is 1. The van der Waals surface area contributed by atoms with Crippen molar-refractivity contribution in [2.75, 3.05) is 16.8 Å². The van der Waals surface area contributed by atoms with Gasteiger partial charge in [-0.1, -0.05) is 34.1 Å². The summed E-state index contributed by atoms with van der Waals surface area (Å²) in [6.45, 7) is 1.13. The predicted molar refractivity (Wildman–Crippen MR) is 82.9 cm³/mol. The highest BCUT2D eigenvalue weighted by Crippen LogP contribution is 2.31.